The molecule has 0 amide bonds. The van der Waals surface area contributed by atoms with Gasteiger partial charge in [0.2, 0.25) is 0 Å². The van der Waals surface area contributed by atoms with Crippen LogP contribution in [0.25, 0.3) is 10.9 Å². The van der Waals surface area contributed by atoms with E-state index in [1.807, 2.05) is 19.1 Å². The van der Waals surface area contributed by atoms with Crippen LogP contribution in [0.1, 0.15) is 28.2 Å². The number of hydrogen-bond donors (Lipinski definition) is 2. The van der Waals surface area contributed by atoms with E-state index in [0.29, 0.717) is 18.8 Å². The average Bonchev–Trinajstić information content (AvgIpc) is 3.01. The highest BCUT2D eigenvalue weighted by atomic mass is 19.4. The summed E-state index contributed by atoms with van der Waals surface area (Å²) < 4.78 is 39.2. The molecule has 128 valence electrons. The molecule has 0 radical (unpaired) electrons. The van der Waals surface area contributed by atoms with Crippen LogP contribution >= 0.6 is 0 Å². The van der Waals surface area contributed by atoms with Gasteiger partial charge in [0.1, 0.15) is 0 Å². The Morgan fingerprint density at radius 1 is 1.17 bits per heavy atom. The lowest BCUT2D eigenvalue weighted by molar-refractivity contribution is -0.141. The van der Waals surface area contributed by atoms with Gasteiger partial charge >= 0.3 is 6.18 Å². The smallest absolute Gasteiger partial charge is 0.358 e. The largest absolute Gasteiger partial charge is 0.435 e. The number of benzene rings is 1. The molecule has 1 aromatic carbocycles. The van der Waals surface area contributed by atoms with Gasteiger partial charge in [-0.2, -0.15) is 18.3 Å². The standard InChI is InChI=1S/C17H19F3N4/c1-10-11(2)22-15-5-4-12(6-14(10)15)8-21-9-13-7-16(17(18,19)20)23-24(13)3/h4-7,21-22H,8-9H2,1-3H3. The third-order valence-electron chi connectivity index (χ3n) is 4.28. The molecule has 3 aromatic rings. The Kier molecular flexibility index (Phi) is 4.13. The summed E-state index contributed by atoms with van der Waals surface area (Å²) in [5, 5.41) is 7.86. The van der Waals surface area contributed by atoms with Crippen LogP contribution in [-0.4, -0.2) is 14.8 Å². The highest BCUT2D eigenvalue weighted by molar-refractivity contribution is 5.84. The van der Waals surface area contributed by atoms with E-state index in [1.54, 1.807) is 0 Å². The molecule has 0 aliphatic heterocycles. The summed E-state index contributed by atoms with van der Waals surface area (Å²) in [7, 11) is 1.52. The number of nitrogens with one attached hydrogen (secondary N) is 2. The SMILES string of the molecule is Cc1[nH]c2ccc(CNCc3cc(C(F)(F)F)nn3C)cc2c1C. The molecule has 2 aromatic heterocycles. The summed E-state index contributed by atoms with van der Waals surface area (Å²) in [5.41, 5.74) is 4.18. The Balaban J connectivity index is 1.68. The molecule has 0 aliphatic rings. The van der Waals surface area contributed by atoms with Crippen LogP contribution in [0.2, 0.25) is 0 Å². The van der Waals surface area contributed by atoms with Gasteiger partial charge in [-0.15, -0.1) is 0 Å². The number of aromatic amines is 1. The first-order valence-electron chi connectivity index (χ1n) is 7.64. The van der Waals surface area contributed by atoms with E-state index >= 15 is 0 Å². The van der Waals surface area contributed by atoms with Gasteiger partial charge in [0.15, 0.2) is 5.69 Å². The van der Waals surface area contributed by atoms with Gasteiger partial charge in [0, 0.05) is 36.7 Å². The Hall–Kier alpha value is -2.28. The fourth-order valence-electron chi connectivity index (χ4n) is 2.76. The van der Waals surface area contributed by atoms with Gasteiger partial charge in [-0.05, 0) is 43.2 Å². The zero-order valence-electron chi connectivity index (χ0n) is 13.8. The van der Waals surface area contributed by atoms with Gasteiger partial charge in [0.05, 0.1) is 5.69 Å². The molecular formula is C17H19F3N4. The van der Waals surface area contributed by atoms with E-state index in [9.17, 15) is 13.2 Å². The molecule has 3 rings (SSSR count). The van der Waals surface area contributed by atoms with Crippen molar-refractivity contribution >= 4 is 10.9 Å². The summed E-state index contributed by atoms with van der Waals surface area (Å²) in [4.78, 5) is 3.32. The van der Waals surface area contributed by atoms with Crippen LogP contribution in [0.5, 0.6) is 0 Å². The third kappa shape index (κ3) is 3.17. The van der Waals surface area contributed by atoms with Crippen molar-refractivity contribution in [1.29, 1.82) is 0 Å². The fourth-order valence-corrected chi connectivity index (χ4v) is 2.76. The summed E-state index contributed by atoms with van der Waals surface area (Å²) in [6, 6.07) is 7.22. The zero-order valence-corrected chi connectivity index (χ0v) is 13.8. The van der Waals surface area contributed by atoms with Crippen molar-refractivity contribution in [2.24, 2.45) is 7.05 Å². The second-order valence-corrected chi connectivity index (χ2v) is 6.00. The summed E-state index contributed by atoms with van der Waals surface area (Å²) in [5.74, 6) is 0. The van der Waals surface area contributed by atoms with Gasteiger partial charge < -0.3 is 10.3 Å². The molecule has 0 unspecified atom stereocenters. The number of hydrogen-bond acceptors (Lipinski definition) is 2. The maximum absolute atomic E-state index is 12.7. The number of alkyl halides is 3. The van der Waals surface area contributed by atoms with E-state index in [-0.39, 0.29) is 0 Å². The summed E-state index contributed by atoms with van der Waals surface area (Å²) in [6.45, 7) is 5.00. The molecule has 7 heteroatoms. The van der Waals surface area contributed by atoms with Crippen molar-refractivity contribution in [2.75, 3.05) is 0 Å². The highest BCUT2D eigenvalue weighted by Gasteiger charge is 2.34. The van der Waals surface area contributed by atoms with Crippen LogP contribution in [0.3, 0.4) is 0 Å². The molecule has 0 bridgehead atoms. The minimum Gasteiger partial charge on any atom is -0.358 e. The highest BCUT2D eigenvalue weighted by Crippen LogP contribution is 2.28. The number of H-pyrrole nitrogens is 1. The fraction of sp³-hybridized carbons (Fsp3) is 0.353. The van der Waals surface area contributed by atoms with Crippen LogP contribution in [0, 0.1) is 13.8 Å². The van der Waals surface area contributed by atoms with Crippen molar-refractivity contribution in [1.82, 2.24) is 20.1 Å². The second-order valence-electron chi connectivity index (χ2n) is 6.00. The molecule has 24 heavy (non-hydrogen) atoms. The van der Waals surface area contributed by atoms with Crippen molar-refractivity contribution in [3.05, 3.63) is 52.5 Å². The van der Waals surface area contributed by atoms with E-state index in [0.717, 1.165) is 22.8 Å². The maximum atomic E-state index is 12.7. The Bertz CT molecular complexity index is 874. The predicted molar refractivity (Wildman–Crippen MR) is 86.5 cm³/mol. The molecule has 2 heterocycles. The second kappa shape index (κ2) is 5.98. The lowest BCUT2D eigenvalue weighted by Gasteiger charge is -2.06. The lowest BCUT2D eigenvalue weighted by atomic mass is 10.1. The summed E-state index contributed by atoms with van der Waals surface area (Å²) in [6.07, 6.45) is -4.41. The number of nitrogens with zero attached hydrogens (tertiary/aromatic N) is 2. The van der Waals surface area contributed by atoms with Crippen molar-refractivity contribution in [3.63, 3.8) is 0 Å². The summed E-state index contributed by atoms with van der Waals surface area (Å²) >= 11 is 0. The average molecular weight is 336 g/mol. The minimum absolute atomic E-state index is 0.322. The molecule has 0 atom stereocenters. The number of halogens is 3. The number of aromatic nitrogens is 3. The first-order chi connectivity index (χ1) is 11.3. The molecule has 2 N–H and O–H groups in total. The normalized spacial score (nSPS) is 12.2. The van der Waals surface area contributed by atoms with E-state index in [1.165, 1.54) is 22.7 Å². The molecule has 0 fully saturated rings. The third-order valence-corrected chi connectivity index (χ3v) is 4.28. The first kappa shape index (κ1) is 16.6. The van der Waals surface area contributed by atoms with Crippen LogP contribution in [0.4, 0.5) is 13.2 Å². The molecular weight excluding hydrogens is 317 g/mol. The van der Waals surface area contributed by atoms with Crippen LogP contribution in [0.15, 0.2) is 24.3 Å². The van der Waals surface area contributed by atoms with Crippen LogP contribution in [-0.2, 0) is 26.3 Å². The van der Waals surface area contributed by atoms with Gasteiger partial charge in [0.25, 0.3) is 0 Å². The number of aryl methyl sites for hydroxylation is 3. The van der Waals surface area contributed by atoms with Gasteiger partial charge in [-0.25, -0.2) is 0 Å². The van der Waals surface area contributed by atoms with Gasteiger partial charge in [-0.1, -0.05) is 6.07 Å². The predicted octanol–water partition coefficient (Wildman–Crippen LogP) is 3.83. The molecule has 0 aliphatic carbocycles. The molecule has 0 saturated carbocycles. The van der Waals surface area contributed by atoms with E-state index in [4.69, 9.17) is 0 Å². The van der Waals surface area contributed by atoms with Crippen molar-refractivity contribution < 1.29 is 13.2 Å². The Morgan fingerprint density at radius 2 is 1.92 bits per heavy atom. The lowest BCUT2D eigenvalue weighted by Crippen LogP contribution is -2.15. The maximum Gasteiger partial charge on any atom is 0.435 e. The quantitative estimate of drug-likeness (QED) is 0.761. The monoisotopic (exact) mass is 336 g/mol. The molecule has 4 nitrogen and oxygen atoms in total. The number of rotatable bonds is 4. The van der Waals surface area contributed by atoms with Crippen molar-refractivity contribution in [2.45, 2.75) is 33.1 Å². The molecule has 0 saturated heterocycles. The van der Waals surface area contributed by atoms with E-state index in [2.05, 4.69) is 28.4 Å². The van der Waals surface area contributed by atoms with E-state index < -0.39 is 11.9 Å². The minimum atomic E-state index is -4.41. The first-order valence-corrected chi connectivity index (χ1v) is 7.64. The van der Waals surface area contributed by atoms with Crippen LogP contribution < -0.4 is 5.32 Å². The Labute approximate surface area is 137 Å². The van der Waals surface area contributed by atoms with Crippen molar-refractivity contribution in [3.8, 4) is 0 Å². The topological polar surface area (TPSA) is 45.6 Å². The van der Waals surface area contributed by atoms with Gasteiger partial charge in [-0.3, -0.25) is 4.68 Å². The molecule has 0 spiro atoms. The Morgan fingerprint density at radius 3 is 2.58 bits per heavy atom. The zero-order chi connectivity index (χ0) is 17.5. The number of fused-ring (bicyclic) bond motifs is 1.